The van der Waals surface area contributed by atoms with Crippen LogP contribution in [0.3, 0.4) is 0 Å². The van der Waals surface area contributed by atoms with E-state index in [-0.39, 0.29) is 92.3 Å². The Hall–Kier alpha value is -5.15. The van der Waals surface area contributed by atoms with E-state index in [4.69, 9.17) is 26.1 Å². The van der Waals surface area contributed by atoms with Crippen LogP contribution in [0.25, 0.3) is 32.1 Å². The average molecular weight is 878 g/mol. The first-order chi connectivity index (χ1) is 29.2. The third-order valence-corrected chi connectivity index (χ3v) is 12.0. The molecular formula is C46H52ClF4N7O2S. The lowest BCUT2D eigenvalue weighted by Crippen LogP contribution is -2.43. The van der Waals surface area contributed by atoms with Gasteiger partial charge < -0.3 is 19.7 Å². The molecule has 0 aliphatic carbocycles. The summed E-state index contributed by atoms with van der Waals surface area (Å²) in [6.07, 6.45) is 6.23. The zero-order valence-electron chi connectivity index (χ0n) is 36.1. The van der Waals surface area contributed by atoms with E-state index in [1.165, 1.54) is 12.1 Å². The van der Waals surface area contributed by atoms with Crippen molar-refractivity contribution >= 4 is 55.6 Å². The molecular weight excluding hydrogens is 826 g/mol. The fraction of sp³-hybridized carbons (Fsp3) is 0.435. The number of hydrogen-bond donors (Lipinski definition) is 1. The second kappa shape index (κ2) is 20.1. The van der Waals surface area contributed by atoms with Gasteiger partial charge in [-0.15, -0.1) is 23.7 Å². The number of ether oxygens (including phenoxy) is 2. The molecule has 3 aromatic heterocycles. The lowest BCUT2D eigenvalue weighted by Gasteiger charge is -2.32. The molecule has 0 spiro atoms. The summed E-state index contributed by atoms with van der Waals surface area (Å²) in [6, 6.07) is 8.02. The molecule has 2 saturated heterocycles. The Bertz CT molecular complexity index is 2510. The van der Waals surface area contributed by atoms with E-state index in [0.717, 1.165) is 29.2 Å². The number of anilines is 2. The summed E-state index contributed by atoms with van der Waals surface area (Å²) in [5, 5.41) is 13.6. The SMILES string of the molecule is C#CC.CC.CC(C)C.CNc1ncccc1C(C)N1CCOc2c(Cl)c(-c3ccc(F)c4sc(C)c(C#N)c34)c(F)c3nc(OCC45CCCN4CC(=C(F)F)C5)nc1c23. The maximum atomic E-state index is 17.4. The second-order valence-corrected chi connectivity index (χ2v) is 16.9. The summed E-state index contributed by atoms with van der Waals surface area (Å²) >= 11 is 8.20. The smallest absolute Gasteiger partial charge is 0.319 e. The van der Waals surface area contributed by atoms with Gasteiger partial charge in [-0.05, 0) is 70.2 Å². The Kier molecular flexibility index (Phi) is 15.5. The molecule has 8 rings (SSSR count). The minimum atomic E-state index is -1.67. The number of fused-ring (bicyclic) bond motifs is 2. The normalized spacial score (nSPS) is 17.1. The van der Waals surface area contributed by atoms with Crippen molar-refractivity contribution in [3.8, 4) is 41.3 Å². The van der Waals surface area contributed by atoms with Crippen LogP contribution in [0.2, 0.25) is 5.02 Å². The van der Waals surface area contributed by atoms with Gasteiger partial charge >= 0.3 is 6.01 Å². The van der Waals surface area contributed by atoms with Crippen LogP contribution in [-0.4, -0.2) is 65.3 Å². The molecule has 2 atom stereocenters. The number of nitrogens with one attached hydrogen (secondary N) is 1. The van der Waals surface area contributed by atoms with Gasteiger partial charge in [0.2, 0.25) is 0 Å². The van der Waals surface area contributed by atoms with Gasteiger partial charge in [0.05, 0.1) is 38.8 Å². The number of hydrogen-bond acceptors (Lipinski definition) is 10. The van der Waals surface area contributed by atoms with Crippen LogP contribution in [0.4, 0.5) is 29.2 Å². The predicted molar refractivity (Wildman–Crippen MR) is 239 cm³/mol. The van der Waals surface area contributed by atoms with Crippen molar-refractivity contribution in [3.63, 3.8) is 0 Å². The van der Waals surface area contributed by atoms with Gasteiger partial charge in [-0.3, -0.25) is 4.90 Å². The molecule has 3 aliphatic heterocycles. The predicted octanol–water partition coefficient (Wildman–Crippen LogP) is 12.1. The fourth-order valence-electron chi connectivity index (χ4n) is 8.03. The van der Waals surface area contributed by atoms with Crippen molar-refractivity contribution in [2.45, 2.75) is 86.2 Å². The molecule has 2 unspecified atom stereocenters. The third kappa shape index (κ3) is 9.23. The summed E-state index contributed by atoms with van der Waals surface area (Å²) in [5.74, 6) is 2.79. The molecule has 9 nitrogen and oxygen atoms in total. The quantitative estimate of drug-likeness (QED) is 0.127. The maximum Gasteiger partial charge on any atom is 0.319 e. The lowest BCUT2D eigenvalue weighted by atomic mass is 9.94. The van der Waals surface area contributed by atoms with Crippen molar-refractivity contribution in [2.75, 3.05) is 50.1 Å². The standard InChI is InChI=1S/C37H32ClF4N7O2S.C4H10.C3H4.C2H6/c1-18(21-6-4-10-45-34(21)44-3)49-12-13-50-31-27-30(29(40)26(28(31)38)22-7-8-24(39)32-25(22)23(15-43)19(2)52-32)46-36(47-35(27)49)51-17-37-9-5-11-48(37)16-20(14-37)33(41)42;1-4(2)3;1-3-2;1-2/h4,6-8,10,18H,5,9,11-14,16-17H2,1-3H3,(H,44,45);4H,1-3H3;1H,2H3;1-2H3. The summed E-state index contributed by atoms with van der Waals surface area (Å²) in [4.78, 5) is 18.5. The van der Waals surface area contributed by atoms with Gasteiger partial charge in [-0.1, -0.05) is 58.4 Å². The van der Waals surface area contributed by atoms with Crippen LogP contribution in [0.5, 0.6) is 11.8 Å². The number of aryl methyl sites for hydroxylation is 1. The Morgan fingerprint density at radius 3 is 2.49 bits per heavy atom. The van der Waals surface area contributed by atoms with E-state index in [2.05, 4.69) is 54.5 Å². The molecule has 61 heavy (non-hydrogen) atoms. The molecule has 3 aliphatic rings. The Labute approximate surface area is 364 Å². The maximum absolute atomic E-state index is 17.4. The van der Waals surface area contributed by atoms with Gasteiger partial charge in [0.1, 0.15) is 42.3 Å². The van der Waals surface area contributed by atoms with Gasteiger partial charge in [-0.2, -0.15) is 24.0 Å². The Morgan fingerprint density at radius 2 is 1.84 bits per heavy atom. The number of rotatable bonds is 7. The van der Waals surface area contributed by atoms with Crippen molar-refractivity contribution in [1.82, 2.24) is 19.9 Å². The molecule has 324 valence electrons. The van der Waals surface area contributed by atoms with Crippen LogP contribution >= 0.6 is 22.9 Å². The van der Waals surface area contributed by atoms with Crippen LogP contribution in [-0.2, 0) is 0 Å². The van der Waals surface area contributed by atoms with Gasteiger partial charge in [0, 0.05) is 46.8 Å². The molecule has 15 heteroatoms. The molecule has 0 radical (unpaired) electrons. The van der Waals surface area contributed by atoms with Gasteiger partial charge in [0.25, 0.3) is 6.08 Å². The first-order valence-corrected chi connectivity index (χ1v) is 21.6. The summed E-state index contributed by atoms with van der Waals surface area (Å²) < 4.78 is 72.8. The zero-order chi connectivity index (χ0) is 44.8. The van der Waals surface area contributed by atoms with E-state index in [9.17, 15) is 14.0 Å². The van der Waals surface area contributed by atoms with E-state index in [1.807, 2.05) is 42.7 Å². The minimum Gasteiger partial charge on any atom is -0.489 e. The molecule has 0 amide bonds. The minimum absolute atomic E-state index is 0.0144. The summed E-state index contributed by atoms with van der Waals surface area (Å²) in [6.45, 7) is 17.1. The largest absolute Gasteiger partial charge is 0.489 e. The highest BCUT2D eigenvalue weighted by Crippen LogP contribution is 2.51. The van der Waals surface area contributed by atoms with Crippen LogP contribution in [0.15, 0.2) is 42.1 Å². The molecule has 5 aromatic rings. The summed E-state index contributed by atoms with van der Waals surface area (Å²) in [7, 11) is 1.77. The number of aromatic nitrogens is 3. The average Bonchev–Trinajstić information content (AvgIpc) is 3.87. The van der Waals surface area contributed by atoms with E-state index in [1.54, 1.807) is 27.1 Å². The Morgan fingerprint density at radius 1 is 1.13 bits per heavy atom. The zero-order valence-corrected chi connectivity index (χ0v) is 37.6. The molecule has 2 fully saturated rings. The number of pyridine rings is 1. The van der Waals surface area contributed by atoms with Crippen molar-refractivity contribution in [3.05, 3.63) is 74.8 Å². The van der Waals surface area contributed by atoms with Crippen molar-refractivity contribution in [1.29, 1.82) is 5.26 Å². The molecule has 1 N–H and O–H groups in total. The van der Waals surface area contributed by atoms with Crippen LogP contribution in [0, 0.1) is 48.2 Å². The highest BCUT2D eigenvalue weighted by Gasteiger charge is 2.48. The highest BCUT2D eigenvalue weighted by atomic mass is 35.5. The first kappa shape index (κ1) is 46.9. The molecule has 0 bridgehead atoms. The number of halogens is 5. The van der Waals surface area contributed by atoms with E-state index in [0.29, 0.717) is 36.0 Å². The fourth-order valence-corrected chi connectivity index (χ4v) is 9.40. The number of terminal acetylenes is 1. The highest BCUT2D eigenvalue weighted by molar-refractivity contribution is 7.19. The molecule has 2 aromatic carbocycles. The monoisotopic (exact) mass is 877 g/mol. The van der Waals surface area contributed by atoms with Crippen LogP contribution in [0.1, 0.15) is 89.8 Å². The second-order valence-electron chi connectivity index (χ2n) is 15.3. The van der Waals surface area contributed by atoms with Crippen molar-refractivity contribution in [2.24, 2.45) is 5.92 Å². The number of thiophene rings is 1. The lowest BCUT2D eigenvalue weighted by molar-refractivity contribution is 0.108. The number of nitrogens with zero attached hydrogens (tertiary/aromatic N) is 6. The van der Waals surface area contributed by atoms with Crippen molar-refractivity contribution < 1.29 is 27.0 Å². The van der Waals surface area contributed by atoms with Gasteiger partial charge in [0.15, 0.2) is 11.6 Å². The molecule has 0 saturated carbocycles. The summed E-state index contributed by atoms with van der Waals surface area (Å²) in [5.41, 5.74) is 0.439. The van der Waals surface area contributed by atoms with E-state index >= 15 is 8.78 Å². The van der Waals surface area contributed by atoms with E-state index < -0.39 is 23.3 Å². The van der Waals surface area contributed by atoms with Crippen LogP contribution < -0.4 is 19.7 Å². The number of nitriles is 1. The third-order valence-electron chi connectivity index (χ3n) is 10.5. The number of benzene rings is 2. The van der Waals surface area contributed by atoms with Gasteiger partial charge in [-0.25, -0.2) is 13.8 Å². The molecule has 6 heterocycles. The Balaban J connectivity index is 0.000000721. The first-order valence-electron chi connectivity index (χ1n) is 20.4. The topological polar surface area (TPSA) is 99.4 Å².